The first-order chi connectivity index (χ1) is 14.8. The van der Waals surface area contributed by atoms with Crippen molar-refractivity contribution in [2.45, 2.75) is 20.8 Å². The van der Waals surface area contributed by atoms with Gasteiger partial charge in [0.1, 0.15) is 11.6 Å². The van der Waals surface area contributed by atoms with Gasteiger partial charge in [-0.25, -0.2) is 4.79 Å². The number of esters is 1. The van der Waals surface area contributed by atoms with Gasteiger partial charge in [0.05, 0.1) is 18.2 Å². The number of carbonyl (C=O) groups is 2. The number of halogens is 1. The Labute approximate surface area is 189 Å². The molecule has 0 aliphatic heterocycles. The van der Waals surface area contributed by atoms with Crippen molar-refractivity contribution in [3.63, 3.8) is 0 Å². The van der Waals surface area contributed by atoms with Gasteiger partial charge in [0.15, 0.2) is 18.1 Å². The standard InChI is InChI=1S/C23H23BrN2O5/c1-5-30-20-11-16(10-18(24)22(20)31-13-21(27)29-4)9-17(12-25)23(28)26-19-8-6-7-14(2)15(19)3/h6-11H,5,13H2,1-4H3,(H,26,28)/b17-9+. The minimum absolute atomic E-state index is 0.0708. The molecule has 0 heterocycles. The molecule has 7 nitrogen and oxygen atoms in total. The molecular weight excluding hydrogens is 464 g/mol. The van der Waals surface area contributed by atoms with Crippen molar-refractivity contribution in [1.82, 2.24) is 0 Å². The topological polar surface area (TPSA) is 97.6 Å². The van der Waals surface area contributed by atoms with E-state index in [1.807, 2.05) is 32.0 Å². The maximum absolute atomic E-state index is 12.7. The molecule has 0 unspecified atom stereocenters. The number of hydrogen-bond donors (Lipinski definition) is 1. The summed E-state index contributed by atoms with van der Waals surface area (Å²) in [5.74, 6) is -0.369. The molecule has 0 aliphatic rings. The lowest BCUT2D eigenvalue weighted by Gasteiger charge is -2.14. The van der Waals surface area contributed by atoms with Crippen LogP contribution in [0.3, 0.4) is 0 Å². The molecule has 0 spiro atoms. The highest BCUT2D eigenvalue weighted by Gasteiger charge is 2.16. The molecule has 0 fully saturated rings. The zero-order valence-electron chi connectivity index (χ0n) is 17.7. The Morgan fingerprint density at radius 1 is 1.23 bits per heavy atom. The highest BCUT2D eigenvalue weighted by Crippen LogP contribution is 2.37. The molecule has 0 atom stereocenters. The zero-order chi connectivity index (χ0) is 23.0. The summed E-state index contributed by atoms with van der Waals surface area (Å²) in [4.78, 5) is 24.1. The first kappa shape index (κ1) is 24.0. The second-order valence-electron chi connectivity index (χ2n) is 6.50. The molecule has 0 aromatic heterocycles. The fraction of sp³-hybridized carbons (Fsp3) is 0.261. The van der Waals surface area contributed by atoms with Gasteiger partial charge in [-0.15, -0.1) is 0 Å². The largest absolute Gasteiger partial charge is 0.490 e. The normalized spacial score (nSPS) is 10.8. The number of carbonyl (C=O) groups excluding carboxylic acids is 2. The quantitative estimate of drug-likeness (QED) is 0.333. The summed E-state index contributed by atoms with van der Waals surface area (Å²) >= 11 is 3.39. The molecule has 0 bridgehead atoms. The van der Waals surface area contributed by atoms with Crippen LogP contribution in [0.25, 0.3) is 6.08 Å². The highest BCUT2D eigenvalue weighted by atomic mass is 79.9. The van der Waals surface area contributed by atoms with E-state index < -0.39 is 11.9 Å². The Balaban J connectivity index is 2.34. The molecule has 0 saturated carbocycles. The van der Waals surface area contributed by atoms with Crippen LogP contribution in [-0.2, 0) is 14.3 Å². The number of nitriles is 1. The van der Waals surface area contributed by atoms with E-state index in [1.54, 1.807) is 25.1 Å². The SMILES string of the molecule is CCOc1cc(/C=C(\C#N)C(=O)Nc2cccc(C)c2C)cc(Br)c1OCC(=O)OC. The van der Waals surface area contributed by atoms with Crippen LogP contribution in [0.4, 0.5) is 5.69 Å². The van der Waals surface area contributed by atoms with E-state index in [2.05, 4.69) is 26.0 Å². The van der Waals surface area contributed by atoms with Crippen LogP contribution in [0.1, 0.15) is 23.6 Å². The van der Waals surface area contributed by atoms with Crippen molar-refractivity contribution in [1.29, 1.82) is 5.26 Å². The van der Waals surface area contributed by atoms with Crippen LogP contribution < -0.4 is 14.8 Å². The fourth-order valence-electron chi connectivity index (χ4n) is 2.66. The molecule has 0 aliphatic carbocycles. The van der Waals surface area contributed by atoms with Gasteiger partial charge in [-0.05, 0) is 77.7 Å². The van der Waals surface area contributed by atoms with E-state index in [4.69, 9.17) is 9.47 Å². The van der Waals surface area contributed by atoms with E-state index in [0.29, 0.717) is 33.8 Å². The predicted octanol–water partition coefficient (Wildman–Crippen LogP) is 4.56. The highest BCUT2D eigenvalue weighted by molar-refractivity contribution is 9.10. The van der Waals surface area contributed by atoms with Crippen LogP contribution in [0.2, 0.25) is 0 Å². The average molecular weight is 487 g/mol. The van der Waals surface area contributed by atoms with Gasteiger partial charge in [0.2, 0.25) is 0 Å². The summed E-state index contributed by atoms with van der Waals surface area (Å²) in [6.07, 6.45) is 1.46. The van der Waals surface area contributed by atoms with E-state index >= 15 is 0 Å². The summed E-state index contributed by atoms with van der Waals surface area (Å²) in [6, 6.07) is 10.8. The lowest BCUT2D eigenvalue weighted by Crippen LogP contribution is -2.14. The van der Waals surface area contributed by atoms with Crippen molar-refractivity contribution in [3.8, 4) is 17.6 Å². The number of nitrogens with zero attached hydrogens (tertiary/aromatic N) is 1. The van der Waals surface area contributed by atoms with Crippen LogP contribution >= 0.6 is 15.9 Å². The number of ether oxygens (including phenoxy) is 3. The van der Waals surface area contributed by atoms with Gasteiger partial charge < -0.3 is 19.5 Å². The van der Waals surface area contributed by atoms with Gasteiger partial charge in [-0.1, -0.05) is 12.1 Å². The number of aryl methyl sites for hydroxylation is 1. The van der Waals surface area contributed by atoms with Crippen molar-refractivity contribution in [2.75, 3.05) is 25.6 Å². The molecule has 162 valence electrons. The van der Waals surface area contributed by atoms with E-state index in [-0.39, 0.29) is 12.2 Å². The molecule has 31 heavy (non-hydrogen) atoms. The predicted molar refractivity (Wildman–Crippen MR) is 121 cm³/mol. The Morgan fingerprint density at radius 3 is 2.61 bits per heavy atom. The maximum atomic E-state index is 12.7. The molecule has 0 saturated heterocycles. The van der Waals surface area contributed by atoms with Crippen molar-refractivity contribution in [3.05, 3.63) is 57.1 Å². The fourth-order valence-corrected chi connectivity index (χ4v) is 3.23. The zero-order valence-corrected chi connectivity index (χ0v) is 19.3. The van der Waals surface area contributed by atoms with Gasteiger partial charge in [-0.3, -0.25) is 4.79 Å². The lowest BCUT2D eigenvalue weighted by molar-refractivity contribution is -0.142. The number of methoxy groups -OCH3 is 1. The third-order valence-corrected chi connectivity index (χ3v) is 5.01. The van der Waals surface area contributed by atoms with E-state index in [1.165, 1.54) is 13.2 Å². The van der Waals surface area contributed by atoms with E-state index in [0.717, 1.165) is 11.1 Å². The molecule has 8 heteroatoms. The number of rotatable bonds is 8. The van der Waals surface area contributed by atoms with E-state index in [9.17, 15) is 14.9 Å². The molecular formula is C23H23BrN2O5. The average Bonchev–Trinajstić information content (AvgIpc) is 2.74. The summed E-state index contributed by atoms with van der Waals surface area (Å²) in [6.45, 7) is 5.72. The van der Waals surface area contributed by atoms with Crippen LogP contribution in [0.5, 0.6) is 11.5 Å². The summed E-state index contributed by atoms with van der Waals surface area (Å²) in [7, 11) is 1.27. The van der Waals surface area contributed by atoms with Gasteiger partial charge in [0, 0.05) is 5.69 Å². The number of amides is 1. The third kappa shape index (κ3) is 6.33. The number of nitrogens with one attached hydrogen (secondary N) is 1. The molecule has 1 amide bonds. The summed E-state index contributed by atoms with van der Waals surface area (Å²) in [5, 5.41) is 12.3. The Kier molecular flexibility index (Phi) is 8.64. The number of anilines is 1. The second kappa shape index (κ2) is 11.2. The first-order valence-corrected chi connectivity index (χ1v) is 10.2. The van der Waals surface area contributed by atoms with Crippen LogP contribution in [-0.4, -0.2) is 32.2 Å². The molecule has 1 N–H and O–H groups in total. The molecule has 2 aromatic rings. The minimum Gasteiger partial charge on any atom is -0.490 e. The van der Waals surface area contributed by atoms with Gasteiger partial charge >= 0.3 is 5.97 Å². The van der Waals surface area contributed by atoms with Crippen LogP contribution in [0, 0.1) is 25.2 Å². The summed E-state index contributed by atoms with van der Waals surface area (Å²) in [5.41, 5.74) is 3.09. The number of hydrogen-bond acceptors (Lipinski definition) is 6. The maximum Gasteiger partial charge on any atom is 0.343 e. The van der Waals surface area contributed by atoms with Crippen molar-refractivity contribution < 1.29 is 23.8 Å². The van der Waals surface area contributed by atoms with Gasteiger partial charge in [0.25, 0.3) is 5.91 Å². The van der Waals surface area contributed by atoms with Crippen molar-refractivity contribution in [2.24, 2.45) is 0 Å². The van der Waals surface area contributed by atoms with Crippen LogP contribution in [0.15, 0.2) is 40.4 Å². The minimum atomic E-state index is -0.534. The Bertz CT molecular complexity index is 1060. The first-order valence-electron chi connectivity index (χ1n) is 9.46. The number of benzene rings is 2. The smallest absolute Gasteiger partial charge is 0.343 e. The molecule has 2 rings (SSSR count). The van der Waals surface area contributed by atoms with Crippen molar-refractivity contribution >= 4 is 39.6 Å². The third-order valence-electron chi connectivity index (χ3n) is 4.42. The lowest BCUT2D eigenvalue weighted by atomic mass is 10.1. The monoisotopic (exact) mass is 486 g/mol. The van der Waals surface area contributed by atoms with Gasteiger partial charge in [-0.2, -0.15) is 5.26 Å². The summed E-state index contributed by atoms with van der Waals surface area (Å²) < 4.78 is 16.2. The molecule has 0 radical (unpaired) electrons. The molecule has 2 aromatic carbocycles. The Hall–Kier alpha value is -3.31. The Morgan fingerprint density at radius 2 is 1.97 bits per heavy atom. The second-order valence-corrected chi connectivity index (χ2v) is 7.35.